The van der Waals surface area contributed by atoms with Gasteiger partial charge in [0.05, 0.1) is 23.4 Å². The van der Waals surface area contributed by atoms with E-state index in [1.165, 1.54) is 6.07 Å². The molecular formula is C11H9N5O4. The number of nitrogens with zero attached hydrogens (tertiary/aromatic N) is 4. The van der Waals surface area contributed by atoms with Crippen LogP contribution in [0.15, 0.2) is 27.4 Å². The van der Waals surface area contributed by atoms with Gasteiger partial charge in [0.25, 0.3) is 0 Å². The largest absolute Gasteiger partial charge is 0.444 e. The van der Waals surface area contributed by atoms with Crippen molar-refractivity contribution in [2.24, 2.45) is 0 Å². The van der Waals surface area contributed by atoms with Crippen molar-refractivity contribution in [2.45, 2.75) is 13.5 Å². The van der Waals surface area contributed by atoms with Crippen molar-refractivity contribution >= 4 is 22.4 Å². The lowest BCUT2D eigenvalue weighted by molar-refractivity contribution is -0.383. The summed E-state index contributed by atoms with van der Waals surface area (Å²) in [5, 5.41) is 21.1. The number of nitro benzene ring substituents is 1. The molecule has 3 aromatic rings. The molecule has 9 heteroatoms. The molecule has 0 bridgehead atoms. The Morgan fingerprint density at radius 1 is 1.35 bits per heavy atom. The summed E-state index contributed by atoms with van der Waals surface area (Å²) in [5.74, 6) is 1.21. The number of aryl methyl sites for hydroxylation is 1. The van der Waals surface area contributed by atoms with E-state index in [0.717, 1.165) is 0 Å². The zero-order valence-corrected chi connectivity index (χ0v) is 10.4. The third-order valence-electron chi connectivity index (χ3n) is 2.69. The Kier molecular flexibility index (Phi) is 2.78. The van der Waals surface area contributed by atoms with Gasteiger partial charge >= 0.3 is 5.69 Å². The molecule has 0 radical (unpaired) electrons. The molecule has 0 saturated heterocycles. The van der Waals surface area contributed by atoms with E-state index >= 15 is 0 Å². The molecule has 3 rings (SSSR count). The summed E-state index contributed by atoms with van der Waals surface area (Å²) in [4.78, 5) is 14.4. The van der Waals surface area contributed by atoms with E-state index in [9.17, 15) is 10.1 Å². The second-order valence-electron chi connectivity index (χ2n) is 4.07. The van der Waals surface area contributed by atoms with E-state index in [-0.39, 0.29) is 11.2 Å². The van der Waals surface area contributed by atoms with Gasteiger partial charge in [0.15, 0.2) is 5.52 Å². The molecule has 1 aromatic carbocycles. The second kappa shape index (κ2) is 4.61. The molecule has 1 N–H and O–H groups in total. The highest BCUT2D eigenvalue weighted by Gasteiger charge is 2.19. The fourth-order valence-corrected chi connectivity index (χ4v) is 1.80. The minimum Gasteiger partial charge on any atom is -0.444 e. The van der Waals surface area contributed by atoms with E-state index in [1.54, 1.807) is 19.2 Å². The highest BCUT2D eigenvalue weighted by Crippen LogP contribution is 2.28. The fourth-order valence-electron chi connectivity index (χ4n) is 1.80. The average Bonchev–Trinajstić information content (AvgIpc) is 3.04. The number of nitrogens with one attached hydrogen (secondary N) is 1. The van der Waals surface area contributed by atoms with E-state index in [1.807, 2.05) is 0 Å². The van der Waals surface area contributed by atoms with Gasteiger partial charge in [-0.25, -0.2) is 9.61 Å². The number of oxazole rings is 1. The molecule has 0 fully saturated rings. The topological polar surface area (TPSA) is 120 Å². The summed E-state index contributed by atoms with van der Waals surface area (Å²) in [6.07, 6.45) is 1.61. The van der Waals surface area contributed by atoms with Crippen LogP contribution in [0, 0.1) is 17.0 Å². The Morgan fingerprint density at radius 2 is 2.15 bits per heavy atom. The van der Waals surface area contributed by atoms with Gasteiger partial charge in [0, 0.05) is 6.07 Å². The Labute approximate surface area is 111 Å². The van der Waals surface area contributed by atoms with Crippen LogP contribution >= 0.6 is 0 Å². The number of fused-ring (bicyclic) bond motifs is 1. The predicted molar refractivity (Wildman–Crippen MR) is 67.0 cm³/mol. The molecule has 0 unspecified atom stereocenters. The van der Waals surface area contributed by atoms with Gasteiger partial charge in [-0.1, -0.05) is 0 Å². The number of non-ortho nitro benzene ring substituents is 1. The van der Waals surface area contributed by atoms with Gasteiger partial charge in [0.2, 0.25) is 11.4 Å². The van der Waals surface area contributed by atoms with Gasteiger partial charge in [-0.3, -0.25) is 10.1 Å². The van der Waals surface area contributed by atoms with Crippen molar-refractivity contribution in [3.05, 3.63) is 40.1 Å². The van der Waals surface area contributed by atoms with Crippen molar-refractivity contribution in [2.75, 3.05) is 5.32 Å². The quantitative estimate of drug-likeness (QED) is 0.567. The number of hydrogen-bond acceptors (Lipinski definition) is 8. The lowest BCUT2D eigenvalue weighted by atomic mass is 10.2. The lowest BCUT2D eigenvalue weighted by Gasteiger charge is -2.03. The Morgan fingerprint density at radius 3 is 2.85 bits per heavy atom. The van der Waals surface area contributed by atoms with Crippen molar-refractivity contribution < 1.29 is 14.0 Å². The first-order valence-corrected chi connectivity index (χ1v) is 5.70. The zero-order valence-electron chi connectivity index (χ0n) is 10.4. The SMILES string of the molecule is Cc1cnc(CNc2ccc([N+](=O)[O-])c3nonc23)o1. The summed E-state index contributed by atoms with van der Waals surface area (Å²) in [6.45, 7) is 2.12. The van der Waals surface area contributed by atoms with Crippen LogP contribution in [0.25, 0.3) is 11.0 Å². The van der Waals surface area contributed by atoms with E-state index in [0.29, 0.717) is 29.4 Å². The first kappa shape index (κ1) is 12.1. The molecule has 0 aliphatic heterocycles. The first-order chi connectivity index (χ1) is 9.65. The summed E-state index contributed by atoms with van der Waals surface area (Å²) >= 11 is 0. The summed E-state index contributed by atoms with van der Waals surface area (Å²) in [7, 11) is 0. The fraction of sp³-hybridized carbons (Fsp3) is 0.182. The number of benzene rings is 1. The molecule has 2 heterocycles. The first-order valence-electron chi connectivity index (χ1n) is 5.70. The predicted octanol–water partition coefficient (Wildman–Crippen LogP) is 2.04. The maximum Gasteiger partial charge on any atom is 0.300 e. The van der Waals surface area contributed by atoms with Crippen molar-refractivity contribution in [1.82, 2.24) is 15.3 Å². The zero-order chi connectivity index (χ0) is 14.1. The second-order valence-corrected chi connectivity index (χ2v) is 4.07. The number of rotatable bonds is 4. The van der Waals surface area contributed by atoms with Crippen molar-refractivity contribution in [3.63, 3.8) is 0 Å². The number of anilines is 1. The summed E-state index contributed by atoms with van der Waals surface area (Å²) < 4.78 is 9.89. The van der Waals surface area contributed by atoms with Crippen LogP contribution in [0.3, 0.4) is 0 Å². The molecule has 102 valence electrons. The maximum absolute atomic E-state index is 10.9. The normalized spacial score (nSPS) is 10.8. The molecule has 0 amide bonds. The van der Waals surface area contributed by atoms with Crippen LogP contribution in [-0.4, -0.2) is 20.2 Å². The molecule has 0 aliphatic rings. The molecular weight excluding hydrogens is 266 g/mol. The van der Waals surface area contributed by atoms with E-state index < -0.39 is 4.92 Å². The molecule has 0 aliphatic carbocycles. The van der Waals surface area contributed by atoms with Crippen molar-refractivity contribution in [3.8, 4) is 0 Å². The van der Waals surface area contributed by atoms with Gasteiger partial charge in [-0.2, -0.15) is 0 Å². The monoisotopic (exact) mass is 275 g/mol. The van der Waals surface area contributed by atoms with Crippen LogP contribution in [0.2, 0.25) is 0 Å². The van der Waals surface area contributed by atoms with Crippen LogP contribution in [0.1, 0.15) is 11.7 Å². The van der Waals surface area contributed by atoms with Crippen LogP contribution in [0.4, 0.5) is 11.4 Å². The molecule has 0 atom stereocenters. The van der Waals surface area contributed by atoms with Gasteiger partial charge in [0.1, 0.15) is 5.76 Å². The summed E-state index contributed by atoms with van der Waals surface area (Å²) in [5.41, 5.74) is 0.799. The smallest absolute Gasteiger partial charge is 0.300 e. The molecule has 9 nitrogen and oxygen atoms in total. The molecule has 0 saturated carbocycles. The van der Waals surface area contributed by atoms with E-state index in [4.69, 9.17) is 4.42 Å². The standard InChI is InChI=1S/C11H9N5O4/c1-6-4-13-9(19-6)5-12-7-2-3-8(16(17)18)11-10(7)14-20-15-11/h2-4,12H,5H2,1H3. The van der Waals surface area contributed by atoms with Crippen LogP contribution in [-0.2, 0) is 6.54 Å². The van der Waals surface area contributed by atoms with Gasteiger partial charge in [-0.05, 0) is 23.3 Å². The minimum absolute atomic E-state index is 0.101. The average molecular weight is 275 g/mol. The third kappa shape index (κ3) is 2.05. The Bertz CT molecular complexity index is 778. The van der Waals surface area contributed by atoms with Gasteiger partial charge in [-0.15, -0.1) is 0 Å². The molecule has 20 heavy (non-hydrogen) atoms. The van der Waals surface area contributed by atoms with Crippen LogP contribution in [0.5, 0.6) is 0 Å². The highest BCUT2D eigenvalue weighted by atomic mass is 16.6. The van der Waals surface area contributed by atoms with E-state index in [2.05, 4.69) is 25.2 Å². The molecule has 2 aromatic heterocycles. The van der Waals surface area contributed by atoms with Crippen molar-refractivity contribution in [1.29, 1.82) is 0 Å². The number of aromatic nitrogens is 3. The minimum atomic E-state index is -0.534. The number of hydrogen-bond donors (Lipinski definition) is 1. The summed E-state index contributed by atoms with van der Waals surface area (Å²) in [6, 6.07) is 2.89. The lowest BCUT2D eigenvalue weighted by Crippen LogP contribution is -2.01. The number of nitro groups is 1. The van der Waals surface area contributed by atoms with Gasteiger partial charge < -0.3 is 9.73 Å². The Hall–Kier alpha value is -2.97. The third-order valence-corrected chi connectivity index (χ3v) is 2.69. The molecule has 0 spiro atoms. The van der Waals surface area contributed by atoms with Crippen LogP contribution < -0.4 is 5.32 Å². The highest BCUT2D eigenvalue weighted by molar-refractivity contribution is 5.93. The maximum atomic E-state index is 10.9. The Balaban J connectivity index is 1.90.